The minimum Gasteiger partial charge on any atom is -0.342 e. The van der Waals surface area contributed by atoms with Crippen LogP contribution >= 0.6 is 0 Å². The quantitative estimate of drug-likeness (QED) is 0.796. The van der Waals surface area contributed by atoms with E-state index in [1.807, 2.05) is 34.9 Å². The predicted molar refractivity (Wildman–Crippen MR) is 108 cm³/mol. The van der Waals surface area contributed by atoms with Crippen molar-refractivity contribution in [3.05, 3.63) is 53.9 Å². The van der Waals surface area contributed by atoms with Crippen LogP contribution in [-0.2, 0) is 11.2 Å². The number of carbonyl (C=O) groups excluding carboxylic acids is 2. The first-order valence-corrected chi connectivity index (χ1v) is 10.3. The van der Waals surface area contributed by atoms with E-state index in [9.17, 15) is 9.59 Å². The van der Waals surface area contributed by atoms with Gasteiger partial charge >= 0.3 is 0 Å². The fourth-order valence-electron chi connectivity index (χ4n) is 4.48. The third-order valence-corrected chi connectivity index (χ3v) is 6.06. The number of carbonyl (C=O) groups is 2. The van der Waals surface area contributed by atoms with Gasteiger partial charge in [-0.2, -0.15) is 0 Å². The number of pyridine rings is 1. The van der Waals surface area contributed by atoms with Gasteiger partial charge in [0.1, 0.15) is 5.69 Å². The topological polar surface area (TPSA) is 79.3 Å². The van der Waals surface area contributed by atoms with Crippen molar-refractivity contribution in [1.29, 1.82) is 0 Å². The maximum Gasteiger partial charge on any atom is 0.274 e. The lowest BCUT2D eigenvalue weighted by Gasteiger charge is -2.48. The number of nitrogens with zero attached hydrogens (tertiary/aromatic N) is 5. The molecule has 4 rings (SSSR count). The van der Waals surface area contributed by atoms with Gasteiger partial charge in [0.25, 0.3) is 5.91 Å². The largest absolute Gasteiger partial charge is 0.342 e. The van der Waals surface area contributed by atoms with Gasteiger partial charge in [-0.3, -0.25) is 19.6 Å². The minimum absolute atomic E-state index is 0.0237. The average molecular weight is 393 g/mol. The molecule has 2 aliphatic heterocycles. The molecule has 2 fully saturated rings. The lowest BCUT2D eigenvalue weighted by Crippen LogP contribution is -2.55. The Labute approximate surface area is 171 Å². The second-order valence-electron chi connectivity index (χ2n) is 8.26. The first-order chi connectivity index (χ1) is 14.0. The maximum atomic E-state index is 12.9. The molecule has 152 valence electrons. The zero-order valence-electron chi connectivity index (χ0n) is 16.9. The van der Waals surface area contributed by atoms with Crippen molar-refractivity contribution >= 4 is 11.8 Å². The Morgan fingerprint density at radius 2 is 2.03 bits per heavy atom. The van der Waals surface area contributed by atoms with E-state index in [0.29, 0.717) is 31.7 Å². The standard InChI is InChI=1S/C22H27N5O2/c1-17-13-25-19(14-24-17)21(29)27-11-4-8-22(16-27)9-6-20(28)26(15-22)12-7-18-5-2-3-10-23-18/h2-3,5,10,13-14H,4,6-9,11-12,15-16H2,1H3/t22-/m1/s1. The number of aromatic nitrogens is 3. The number of hydrogen-bond acceptors (Lipinski definition) is 5. The molecule has 0 N–H and O–H groups in total. The van der Waals surface area contributed by atoms with Crippen molar-refractivity contribution in [1.82, 2.24) is 24.8 Å². The smallest absolute Gasteiger partial charge is 0.274 e. The summed E-state index contributed by atoms with van der Waals surface area (Å²) in [7, 11) is 0. The van der Waals surface area contributed by atoms with E-state index in [-0.39, 0.29) is 17.2 Å². The van der Waals surface area contributed by atoms with Gasteiger partial charge in [-0.25, -0.2) is 4.98 Å². The van der Waals surface area contributed by atoms with Gasteiger partial charge in [0, 0.05) is 62.5 Å². The summed E-state index contributed by atoms with van der Waals surface area (Å²) < 4.78 is 0. The number of amides is 2. The molecule has 2 aliphatic rings. The van der Waals surface area contributed by atoms with E-state index in [1.54, 1.807) is 18.6 Å². The maximum absolute atomic E-state index is 12.9. The number of aryl methyl sites for hydroxylation is 1. The molecular formula is C22H27N5O2. The van der Waals surface area contributed by atoms with Crippen LogP contribution in [0.25, 0.3) is 0 Å². The van der Waals surface area contributed by atoms with Crippen LogP contribution in [0, 0.1) is 12.3 Å². The minimum atomic E-state index is -0.0616. The van der Waals surface area contributed by atoms with Gasteiger partial charge in [-0.1, -0.05) is 6.07 Å². The summed E-state index contributed by atoms with van der Waals surface area (Å²) in [5.74, 6) is 0.146. The zero-order chi connectivity index (χ0) is 20.3. The van der Waals surface area contributed by atoms with Crippen LogP contribution in [0.3, 0.4) is 0 Å². The van der Waals surface area contributed by atoms with Gasteiger partial charge in [0.05, 0.1) is 11.9 Å². The molecule has 0 aliphatic carbocycles. The van der Waals surface area contributed by atoms with Gasteiger partial charge in [-0.05, 0) is 38.3 Å². The Bertz CT molecular complexity index is 871. The predicted octanol–water partition coefficient (Wildman–Crippen LogP) is 2.27. The molecular weight excluding hydrogens is 366 g/mol. The normalized spacial score (nSPS) is 22.2. The van der Waals surface area contributed by atoms with Crippen LogP contribution in [0.5, 0.6) is 0 Å². The number of hydrogen-bond donors (Lipinski definition) is 0. The van der Waals surface area contributed by atoms with E-state index < -0.39 is 0 Å². The molecule has 2 amide bonds. The Hall–Kier alpha value is -2.83. The molecule has 2 saturated heterocycles. The van der Waals surface area contributed by atoms with Crippen LogP contribution in [0.4, 0.5) is 0 Å². The highest BCUT2D eigenvalue weighted by Gasteiger charge is 2.42. The first kappa shape index (κ1) is 19.5. The van der Waals surface area contributed by atoms with E-state index >= 15 is 0 Å². The van der Waals surface area contributed by atoms with Crippen molar-refractivity contribution in [2.24, 2.45) is 5.41 Å². The summed E-state index contributed by atoms with van der Waals surface area (Å²) in [6, 6.07) is 5.87. The molecule has 0 radical (unpaired) electrons. The molecule has 1 atom stereocenters. The third kappa shape index (κ3) is 4.44. The fraction of sp³-hybridized carbons (Fsp3) is 0.500. The third-order valence-electron chi connectivity index (χ3n) is 6.06. The average Bonchev–Trinajstić information content (AvgIpc) is 2.75. The molecule has 4 heterocycles. The highest BCUT2D eigenvalue weighted by Crippen LogP contribution is 2.39. The van der Waals surface area contributed by atoms with Crippen molar-refractivity contribution in [3.8, 4) is 0 Å². The van der Waals surface area contributed by atoms with Crippen LogP contribution in [0.15, 0.2) is 36.8 Å². The monoisotopic (exact) mass is 393 g/mol. The lowest BCUT2D eigenvalue weighted by molar-refractivity contribution is -0.138. The Morgan fingerprint density at radius 3 is 2.79 bits per heavy atom. The summed E-state index contributed by atoms with van der Waals surface area (Å²) in [5, 5.41) is 0. The molecule has 0 bridgehead atoms. The molecule has 0 saturated carbocycles. The van der Waals surface area contributed by atoms with E-state index in [0.717, 1.165) is 43.6 Å². The van der Waals surface area contributed by atoms with Crippen molar-refractivity contribution in [2.75, 3.05) is 26.2 Å². The van der Waals surface area contributed by atoms with Crippen molar-refractivity contribution < 1.29 is 9.59 Å². The van der Waals surface area contributed by atoms with E-state index in [2.05, 4.69) is 15.0 Å². The lowest BCUT2D eigenvalue weighted by atomic mass is 9.73. The molecule has 7 nitrogen and oxygen atoms in total. The highest BCUT2D eigenvalue weighted by molar-refractivity contribution is 5.92. The van der Waals surface area contributed by atoms with E-state index in [1.165, 1.54) is 0 Å². The molecule has 0 aromatic carbocycles. The highest BCUT2D eigenvalue weighted by atomic mass is 16.2. The van der Waals surface area contributed by atoms with Crippen molar-refractivity contribution in [2.45, 2.75) is 39.0 Å². The second-order valence-corrected chi connectivity index (χ2v) is 8.26. The fourth-order valence-corrected chi connectivity index (χ4v) is 4.48. The Balaban J connectivity index is 1.43. The molecule has 2 aromatic heterocycles. The van der Waals surface area contributed by atoms with Crippen LogP contribution in [-0.4, -0.2) is 62.7 Å². The summed E-state index contributed by atoms with van der Waals surface area (Å²) in [5.41, 5.74) is 2.17. The Kier molecular flexibility index (Phi) is 5.56. The number of likely N-dealkylation sites (tertiary alicyclic amines) is 2. The SMILES string of the molecule is Cc1cnc(C(=O)N2CCC[C@]3(CCC(=O)N(CCc4ccccn4)C3)C2)cn1. The van der Waals surface area contributed by atoms with E-state index in [4.69, 9.17) is 0 Å². The summed E-state index contributed by atoms with van der Waals surface area (Å²) in [6.45, 7) is 4.65. The molecule has 7 heteroatoms. The summed E-state index contributed by atoms with van der Waals surface area (Å²) in [4.78, 5) is 42.1. The van der Waals surface area contributed by atoms with Crippen LogP contribution < -0.4 is 0 Å². The van der Waals surface area contributed by atoms with Crippen LogP contribution in [0.1, 0.15) is 47.6 Å². The van der Waals surface area contributed by atoms with Gasteiger partial charge in [0.2, 0.25) is 5.91 Å². The molecule has 2 aromatic rings. The number of rotatable bonds is 4. The zero-order valence-corrected chi connectivity index (χ0v) is 16.9. The van der Waals surface area contributed by atoms with Gasteiger partial charge in [-0.15, -0.1) is 0 Å². The molecule has 0 unspecified atom stereocenters. The molecule has 1 spiro atoms. The van der Waals surface area contributed by atoms with Gasteiger partial charge in [0.15, 0.2) is 0 Å². The van der Waals surface area contributed by atoms with Crippen LogP contribution in [0.2, 0.25) is 0 Å². The summed E-state index contributed by atoms with van der Waals surface area (Å²) >= 11 is 0. The second kappa shape index (κ2) is 8.27. The Morgan fingerprint density at radius 1 is 1.14 bits per heavy atom. The number of piperidine rings is 2. The first-order valence-electron chi connectivity index (χ1n) is 10.3. The molecule has 29 heavy (non-hydrogen) atoms. The summed E-state index contributed by atoms with van der Waals surface area (Å²) in [6.07, 6.45) is 9.12. The van der Waals surface area contributed by atoms with Crippen molar-refractivity contribution in [3.63, 3.8) is 0 Å². The van der Waals surface area contributed by atoms with Gasteiger partial charge < -0.3 is 9.80 Å².